The standard InChI is InChI=1S/C12H9F3N2/c13-7-1-3-8(4-2-7)17-12-10(16)6-5-9(14)11(12)15/h1-6,17H,16H2. The number of anilines is 3. The largest absolute Gasteiger partial charge is 0.397 e. The highest BCUT2D eigenvalue weighted by atomic mass is 19.2. The monoisotopic (exact) mass is 238 g/mol. The summed E-state index contributed by atoms with van der Waals surface area (Å²) >= 11 is 0. The second-order valence-corrected chi connectivity index (χ2v) is 3.46. The van der Waals surface area contributed by atoms with Crippen LogP contribution in [0, 0.1) is 17.5 Å². The Labute approximate surface area is 95.9 Å². The third kappa shape index (κ3) is 2.33. The van der Waals surface area contributed by atoms with E-state index in [4.69, 9.17) is 5.73 Å². The number of rotatable bonds is 2. The molecule has 0 heterocycles. The van der Waals surface area contributed by atoms with Gasteiger partial charge in [0.15, 0.2) is 11.6 Å². The van der Waals surface area contributed by atoms with Gasteiger partial charge < -0.3 is 11.1 Å². The van der Waals surface area contributed by atoms with Gasteiger partial charge in [-0.15, -0.1) is 0 Å². The molecule has 5 heteroatoms. The summed E-state index contributed by atoms with van der Waals surface area (Å²) in [5.41, 5.74) is 5.86. The fourth-order valence-corrected chi connectivity index (χ4v) is 1.37. The highest BCUT2D eigenvalue weighted by Crippen LogP contribution is 2.27. The van der Waals surface area contributed by atoms with Gasteiger partial charge in [0, 0.05) is 5.69 Å². The third-order valence-corrected chi connectivity index (χ3v) is 2.24. The topological polar surface area (TPSA) is 38.0 Å². The summed E-state index contributed by atoms with van der Waals surface area (Å²) in [5.74, 6) is -2.47. The lowest BCUT2D eigenvalue weighted by Crippen LogP contribution is -2.01. The maximum Gasteiger partial charge on any atom is 0.184 e. The molecule has 2 aromatic carbocycles. The molecule has 0 aliphatic heterocycles. The number of hydrogen-bond acceptors (Lipinski definition) is 2. The van der Waals surface area contributed by atoms with Crippen LogP contribution in [0.4, 0.5) is 30.2 Å². The summed E-state index contributed by atoms with van der Waals surface area (Å²) in [5, 5.41) is 2.60. The van der Waals surface area contributed by atoms with Crippen LogP contribution < -0.4 is 11.1 Å². The minimum absolute atomic E-state index is 0.0771. The van der Waals surface area contributed by atoms with Gasteiger partial charge in [0.1, 0.15) is 11.5 Å². The van der Waals surface area contributed by atoms with E-state index in [2.05, 4.69) is 5.32 Å². The van der Waals surface area contributed by atoms with E-state index in [-0.39, 0.29) is 11.4 Å². The number of benzene rings is 2. The Kier molecular flexibility index (Phi) is 2.91. The molecule has 0 atom stereocenters. The Morgan fingerprint density at radius 1 is 0.882 bits per heavy atom. The smallest absolute Gasteiger partial charge is 0.184 e. The van der Waals surface area contributed by atoms with Crippen LogP contribution in [-0.2, 0) is 0 Å². The van der Waals surface area contributed by atoms with Crippen molar-refractivity contribution in [2.45, 2.75) is 0 Å². The fourth-order valence-electron chi connectivity index (χ4n) is 1.37. The molecule has 0 amide bonds. The number of nitrogens with one attached hydrogen (secondary N) is 1. The summed E-state index contributed by atoms with van der Waals surface area (Å²) in [6, 6.07) is 7.41. The lowest BCUT2D eigenvalue weighted by Gasteiger charge is -2.10. The molecular weight excluding hydrogens is 229 g/mol. The molecule has 88 valence electrons. The molecule has 0 fully saturated rings. The van der Waals surface area contributed by atoms with Gasteiger partial charge in [-0.05, 0) is 36.4 Å². The number of nitrogens with two attached hydrogens (primary N) is 1. The van der Waals surface area contributed by atoms with Crippen LogP contribution in [-0.4, -0.2) is 0 Å². The molecule has 0 bridgehead atoms. The van der Waals surface area contributed by atoms with Gasteiger partial charge in [-0.2, -0.15) is 0 Å². The van der Waals surface area contributed by atoms with Crippen LogP contribution in [0.15, 0.2) is 36.4 Å². The Balaban J connectivity index is 2.36. The van der Waals surface area contributed by atoms with Crippen molar-refractivity contribution >= 4 is 17.1 Å². The first-order valence-corrected chi connectivity index (χ1v) is 4.84. The van der Waals surface area contributed by atoms with Crippen LogP contribution in [0.25, 0.3) is 0 Å². The molecule has 0 saturated carbocycles. The van der Waals surface area contributed by atoms with Gasteiger partial charge in [-0.25, -0.2) is 13.2 Å². The van der Waals surface area contributed by atoms with Gasteiger partial charge in [-0.3, -0.25) is 0 Å². The number of nitrogen functional groups attached to an aromatic ring is 1. The van der Waals surface area contributed by atoms with E-state index in [0.29, 0.717) is 5.69 Å². The Morgan fingerprint density at radius 3 is 2.18 bits per heavy atom. The first-order valence-electron chi connectivity index (χ1n) is 4.84. The summed E-state index contributed by atoms with van der Waals surface area (Å²) in [6.45, 7) is 0. The van der Waals surface area contributed by atoms with Gasteiger partial charge in [0.25, 0.3) is 0 Å². The van der Waals surface area contributed by atoms with Crippen molar-refractivity contribution in [2.24, 2.45) is 0 Å². The van der Waals surface area contributed by atoms with Gasteiger partial charge in [-0.1, -0.05) is 0 Å². The molecule has 0 aliphatic carbocycles. The molecule has 17 heavy (non-hydrogen) atoms. The van der Waals surface area contributed by atoms with Crippen LogP contribution in [0.2, 0.25) is 0 Å². The third-order valence-electron chi connectivity index (χ3n) is 2.24. The maximum absolute atomic E-state index is 13.4. The molecule has 0 spiro atoms. The summed E-state index contributed by atoms with van der Waals surface area (Å²) in [7, 11) is 0. The molecule has 3 N–H and O–H groups in total. The molecule has 2 aromatic rings. The zero-order chi connectivity index (χ0) is 12.4. The quantitative estimate of drug-likeness (QED) is 0.786. The average Bonchev–Trinajstić information content (AvgIpc) is 2.32. The van der Waals surface area contributed by atoms with Gasteiger partial charge in [0.05, 0.1) is 5.69 Å². The predicted molar refractivity (Wildman–Crippen MR) is 60.5 cm³/mol. The summed E-state index contributed by atoms with van der Waals surface area (Å²) in [4.78, 5) is 0. The molecule has 0 aliphatic rings. The van der Waals surface area contributed by atoms with E-state index in [1.165, 1.54) is 30.3 Å². The summed E-state index contributed by atoms with van der Waals surface area (Å²) < 4.78 is 39.1. The lowest BCUT2D eigenvalue weighted by atomic mass is 10.2. The minimum Gasteiger partial charge on any atom is -0.397 e. The van der Waals surface area contributed by atoms with Crippen molar-refractivity contribution in [3.8, 4) is 0 Å². The van der Waals surface area contributed by atoms with E-state index < -0.39 is 17.5 Å². The van der Waals surface area contributed by atoms with E-state index in [1.54, 1.807) is 0 Å². The van der Waals surface area contributed by atoms with Crippen molar-refractivity contribution in [3.63, 3.8) is 0 Å². The normalized spacial score (nSPS) is 10.3. The molecule has 0 unspecified atom stereocenters. The highest BCUT2D eigenvalue weighted by molar-refractivity contribution is 5.73. The molecule has 0 aromatic heterocycles. The van der Waals surface area contributed by atoms with Crippen LogP contribution in [0.1, 0.15) is 0 Å². The molecule has 2 nitrogen and oxygen atoms in total. The van der Waals surface area contributed by atoms with Crippen molar-refractivity contribution in [1.29, 1.82) is 0 Å². The van der Waals surface area contributed by atoms with E-state index >= 15 is 0 Å². The Bertz CT molecular complexity index is 538. The lowest BCUT2D eigenvalue weighted by molar-refractivity contribution is 0.512. The summed E-state index contributed by atoms with van der Waals surface area (Å²) in [6.07, 6.45) is 0. The second-order valence-electron chi connectivity index (χ2n) is 3.46. The minimum atomic E-state index is -1.06. The van der Waals surface area contributed by atoms with Crippen LogP contribution in [0.5, 0.6) is 0 Å². The predicted octanol–water partition coefficient (Wildman–Crippen LogP) is 3.43. The fraction of sp³-hybridized carbons (Fsp3) is 0. The van der Waals surface area contributed by atoms with Crippen molar-refractivity contribution in [1.82, 2.24) is 0 Å². The SMILES string of the molecule is Nc1ccc(F)c(F)c1Nc1ccc(F)cc1. The van der Waals surface area contributed by atoms with E-state index in [0.717, 1.165) is 6.07 Å². The van der Waals surface area contributed by atoms with Crippen molar-refractivity contribution in [3.05, 3.63) is 53.8 Å². The molecule has 2 rings (SSSR count). The average molecular weight is 238 g/mol. The van der Waals surface area contributed by atoms with Crippen LogP contribution in [0.3, 0.4) is 0 Å². The zero-order valence-electron chi connectivity index (χ0n) is 8.68. The Hall–Kier alpha value is -2.17. The first-order chi connectivity index (χ1) is 8.08. The number of halogens is 3. The zero-order valence-corrected chi connectivity index (χ0v) is 8.68. The van der Waals surface area contributed by atoms with E-state index in [9.17, 15) is 13.2 Å². The van der Waals surface area contributed by atoms with Gasteiger partial charge in [0.2, 0.25) is 0 Å². The second kappa shape index (κ2) is 4.37. The molecule has 0 radical (unpaired) electrons. The van der Waals surface area contributed by atoms with E-state index in [1.807, 2.05) is 0 Å². The molecule has 0 saturated heterocycles. The first kappa shape index (κ1) is 11.3. The maximum atomic E-state index is 13.4. The Morgan fingerprint density at radius 2 is 1.53 bits per heavy atom. The van der Waals surface area contributed by atoms with Crippen molar-refractivity contribution in [2.75, 3.05) is 11.1 Å². The van der Waals surface area contributed by atoms with Crippen molar-refractivity contribution < 1.29 is 13.2 Å². The van der Waals surface area contributed by atoms with Crippen LogP contribution >= 0.6 is 0 Å². The van der Waals surface area contributed by atoms with Gasteiger partial charge >= 0.3 is 0 Å². The highest BCUT2D eigenvalue weighted by Gasteiger charge is 2.11. The molecular formula is C12H9F3N2. The number of hydrogen-bond donors (Lipinski definition) is 2.